The second kappa shape index (κ2) is 6.79. The van der Waals surface area contributed by atoms with Crippen LogP contribution in [0.15, 0.2) is 29.9 Å². The number of thiazole rings is 1. The number of nitrogens with zero attached hydrogens (tertiary/aromatic N) is 4. The molecule has 2 saturated heterocycles. The molecule has 0 unspecified atom stereocenters. The van der Waals surface area contributed by atoms with Gasteiger partial charge in [0.05, 0.1) is 5.01 Å². The summed E-state index contributed by atoms with van der Waals surface area (Å²) in [5.74, 6) is 0.219. The van der Waals surface area contributed by atoms with Crippen molar-refractivity contribution in [2.45, 2.75) is 44.7 Å². The molecule has 2 aromatic rings. The molecule has 136 valence electrons. The third-order valence-corrected chi connectivity index (χ3v) is 6.33. The molecule has 6 nitrogen and oxygen atoms in total. The molecule has 26 heavy (non-hydrogen) atoms. The molecule has 2 aliphatic rings. The van der Waals surface area contributed by atoms with E-state index in [0.29, 0.717) is 31.7 Å². The average Bonchev–Trinajstić information content (AvgIpc) is 3.22. The minimum absolute atomic E-state index is 0.00679. The Morgan fingerprint density at radius 1 is 1.31 bits per heavy atom. The van der Waals surface area contributed by atoms with Crippen LogP contribution in [0.3, 0.4) is 0 Å². The summed E-state index contributed by atoms with van der Waals surface area (Å²) in [6, 6.07) is 3.91. The lowest BCUT2D eigenvalue weighted by atomic mass is 9.84. The highest BCUT2D eigenvalue weighted by Gasteiger charge is 2.47. The monoisotopic (exact) mass is 370 g/mol. The smallest absolute Gasteiger partial charge is 0.273 e. The van der Waals surface area contributed by atoms with Gasteiger partial charge in [-0.3, -0.25) is 14.6 Å². The summed E-state index contributed by atoms with van der Waals surface area (Å²) in [6.07, 6.45) is 6.70. The van der Waals surface area contributed by atoms with E-state index >= 15 is 0 Å². The second-order valence-electron chi connectivity index (χ2n) is 7.11. The van der Waals surface area contributed by atoms with Crippen LogP contribution in [0.2, 0.25) is 0 Å². The number of amides is 2. The number of carbonyl (C=O) groups excluding carboxylic acids is 2. The van der Waals surface area contributed by atoms with Crippen LogP contribution in [-0.4, -0.2) is 50.2 Å². The van der Waals surface area contributed by atoms with Gasteiger partial charge in [-0.05, 0) is 37.8 Å². The number of rotatable bonds is 3. The molecule has 0 aromatic carbocycles. The largest absolute Gasteiger partial charge is 0.337 e. The molecule has 0 atom stereocenters. The highest BCUT2D eigenvalue weighted by atomic mass is 32.1. The number of hydrogen-bond donors (Lipinski definition) is 0. The number of pyridine rings is 1. The summed E-state index contributed by atoms with van der Waals surface area (Å²) in [5, 5.41) is 2.74. The molecule has 1 spiro atoms. The van der Waals surface area contributed by atoms with Crippen LogP contribution in [-0.2, 0) is 11.3 Å². The summed E-state index contributed by atoms with van der Waals surface area (Å²) in [4.78, 5) is 37.5. The topological polar surface area (TPSA) is 66.4 Å². The van der Waals surface area contributed by atoms with E-state index in [1.165, 1.54) is 11.3 Å². The fraction of sp³-hybridized carbons (Fsp3) is 0.474. The maximum Gasteiger partial charge on any atom is 0.273 e. The zero-order valence-electron chi connectivity index (χ0n) is 14.9. The Hall–Kier alpha value is -2.28. The number of aryl methyl sites for hydroxylation is 1. The van der Waals surface area contributed by atoms with Gasteiger partial charge in [-0.25, -0.2) is 4.98 Å². The van der Waals surface area contributed by atoms with Crippen LogP contribution in [0.5, 0.6) is 0 Å². The van der Waals surface area contributed by atoms with Gasteiger partial charge >= 0.3 is 0 Å². The van der Waals surface area contributed by atoms with Gasteiger partial charge in [-0.1, -0.05) is 6.07 Å². The van der Waals surface area contributed by atoms with E-state index in [9.17, 15) is 9.59 Å². The van der Waals surface area contributed by atoms with E-state index in [4.69, 9.17) is 0 Å². The third-order valence-electron chi connectivity index (χ3n) is 5.56. The zero-order chi connectivity index (χ0) is 18.1. The molecule has 0 aliphatic carbocycles. The van der Waals surface area contributed by atoms with Crippen LogP contribution < -0.4 is 0 Å². The first-order chi connectivity index (χ1) is 12.6. The van der Waals surface area contributed by atoms with Crippen molar-refractivity contribution in [3.63, 3.8) is 0 Å². The fourth-order valence-electron chi connectivity index (χ4n) is 4.07. The summed E-state index contributed by atoms with van der Waals surface area (Å²) in [5.41, 5.74) is 1.47. The van der Waals surface area contributed by atoms with Crippen molar-refractivity contribution in [3.8, 4) is 0 Å². The van der Waals surface area contributed by atoms with Gasteiger partial charge in [0.1, 0.15) is 5.69 Å². The summed E-state index contributed by atoms with van der Waals surface area (Å²) in [7, 11) is 0. The van der Waals surface area contributed by atoms with Gasteiger partial charge in [-0.15, -0.1) is 11.3 Å². The van der Waals surface area contributed by atoms with Crippen molar-refractivity contribution >= 4 is 23.2 Å². The van der Waals surface area contributed by atoms with Gasteiger partial charge in [-0.2, -0.15) is 0 Å². The molecular formula is C19H22N4O2S. The lowest BCUT2D eigenvalue weighted by molar-refractivity contribution is -0.133. The lowest BCUT2D eigenvalue weighted by Crippen LogP contribution is -2.53. The number of likely N-dealkylation sites (tertiary alicyclic amines) is 2. The molecule has 7 heteroatoms. The predicted octanol–water partition coefficient (Wildman–Crippen LogP) is 2.64. The van der Waals surface area contributed by atoms with Crippen molar-refractivity contribution in [1.82, 2.24) is 19.8 Å². The number of piperidine rings is 1. The SMILES string of the molecule is Cc1nc(C(=O)N2CCC3(CCC(=O)N3Cc3cccnc3)CC2)cs1. The quantitative estimate of drug-likeness (QED) is 0.833. The minimum atomic E-state index is -0.123. The zero-order valence-corrected chi connectivity index (χ0v) is 15.7. The van der Waals surface area contributed by atoms with Crippen molar-refractivity contribution in [2.75, 3.05) is 13.1 Å². The Morgan fingerprint density at radius 3 is 2.77 bits per heavy atom. The molecule has 2 aliphatic heterocycles. The molecule has 0 saturated carbocycles. The van der Waals surface area contributed by atoms with Crippen LogP contribution in [0.25, 0.3) is 0 Å². The van der Waals surface area contributed by atoms with E-state index in [2.05, 4.69) is 9.97 Å². The Bertz CT molecular complexity index is 812. The molecular weight excluding hydrogens is 348 g/mol. The Kier molecular flexibility index (Phi) is 4.48. The van der Waals surface area contributed by atoms with E-state index < -0.39 is 0 Å². The fourth-order valence-corrected chi connectivity index (χ4v) is 4.66. The Morgan fingerprint density at radius 2 is 2.12 bits per heavy atom. The maximum absolute atomic E-state index is 12.6. The van der Waals surface area contributed by atoms with Gasteiger partial charge in [0, 0.05) is 49.4 Å². The van der Waals surface area contributed by atoms with Crippen molar-refractivity contribution in [3.05, 3.63) is 46.2 Å². The normalized spacial score (nSPS) is 19.3. The third kappa shape index (κ3) is 3.11. The molecule has 0 bridgehead atoms. The molecule has 4 rings (SSSR count). The first-order valence-corrected chi connectivity index (χ1v) is 9.86. The minimum Gasteiger partial charge on any atom is -0.337 e. The Labute approximate surface area is 156 Å². The molecule has 2 amide bonds. The standard InChI is InChI=1S/C19H22N4O2S/c1-14-21-16(13-26-14)18(25)22-9-6-19(7-10-22)5-4-17(24)23(19)12-15-3-2-8-20-11-15/h2-3,8,11,13H,4-7,9-10,12H2,1H3. The summed E-state index contributed by atoms with van der Waals surface area (Å²) < 4.78 is 0. The van der Waals surface area contributed by atoms with Crippen molar-refractivity contribution < 1.29 is 9.59 Å². The van der Waals surface area contributed by atoms with E-state index in [1.54, 1.807) is 6.20 Å². The highest BCUT2D eigenvalue weighted by Crippen LogP contribution is 2.40. The van der Waals surface area contributed by atoms with Gasteiger partial charge in [0.2, 0.25) is 5.91 Å². The maximum atomic E-state index is 12.6. The predicted molar refractivity (Wildman–Crippen MR) is 98.7 cm³/mol. The average molecular weight is 370 g/mol. The summed E-state index contributed by atoms with van der Waals surface area (Å²) >= 11 is 1.50. The molecule has 2 fully saturated rings. The number of carbonyl (C=O) groups is 2. The van der Waals surface area contributed by atoms with Crippen LogP contribution in [0.4, 0.5) is 0 Å². The lowest BCUT2D eigenvalue weighted by Gasteiger charge is -2.45. The molecule has 2 aromatic heterocycles. The van der Waals surface area contributed by atoms with Crippen LogP contribution in [0, 0.1) is 6.92 Å². The molecule has 0 N–H and O–H groups in total. The van der Waals surface area contributed by atoms with Crippen molar-refractivity contribution in [1.29, 1.82) is 0 Å². The van der Waals surface area contributed by atoms with Crippen molar-refractivity contribution in [2.24, 2.45) is 0 Å². The summed E-state index contributed by atoms with van der Waals surface area (Å²) in [6.45, 7) is 3.86. The van der Waals surface area contributed by atoms with E-state index in [0.717, 1.165) is 29.8 Å². The number of hydrogen-bond acceptors (Lipinski definition) is 5. The van der Waals surface area contributed by atoms with Gasteiger partial charge in [0.15, 0.2) is 0 Å². The number of aromatic nitrogens is 2. The molecule has 4 heterocycles. The Balaban J connectivity index is 1.46. The van der Waals surface area contributed by atoms with E-state index in [-0.39, 0.29) is 17.4 Å². The first-order valence-electron chi connectivity index (χ1n) is 8.98. The second-order valence-corrected chi connectivity index (χ2v) is 8.17. The van der Waals surface area contributed by atoms with Crippen LogP contribution in [0.1, 0.15) is 46.7 Å². The van der Waals surface area contributed by atoms with Gasteiger partial charge < -0.3 is 9.80 Å². The van der Waals surface area contributed by atoms with E-state index in [1.807, 2.05) is 40.4 Å². The first kappa shape index (κ1) is 17.1. The van der Waals surface area contributed by atoms with Crippen LogP contribution >= 0.6 is 11.3 Å². The molecule has 0 radical (unpaired) electrons. The highest BCUT2D eigenvalue weighted by molar-refractivity contribution is 7.09. The van der Waals surface area contributed by atoms with Gasteiger partial charge in [0.25, 0.3) is 5.91 Å².